The Labute approximate surface area is 164 Å². The van der Waals surface area contributed by atoms with Gasteiger partial charge in [-0.05, 0) is 48.2 Å². The van der Waals surface area contributed by atoms with Crippen molar-refractivity contribution in [2.24, 2.45) is 5.14 Å². The van der Waals surface area contributed by atoms with Crippen molar-refractivity contribution in [2.45, 2.75) is 24.7 Å². The number of aryl methyl sites for hydroxylation is 1. The van der Waals surface area contributed by atoms with E-state index in [2.05, 4.69) is 44.9 Å². The standard InChI is InChI=1S/C19H22N6O2S/c1-2-14-3-7-16(8-4-14)23-18-13-22-25-19(24-18)21-12-11-15-5-9-17(10-6-15)28(20,26)27/h3-10,13H,2,11-12H2,1H3,(H2,20,26,27)(H2,21,23,24,25). The normalized spacial score (nSPS) is 11.2. The lowest BCUT2D eigenvalue weighted by Crippen LogP contribution is -2.12. The molecule has 0 saturated carbocycles. The highest BCUT2D eigenvalue weighted by Crippen LogP contribution is 2.16. The average molecular weight is 398 g/mol. The van der Waals surface area contributed by atoms with Gasteiger partial charge in [0.1, 0.15) is 0 Å². The SMILES string of the molecule is CCc1ccc(Nc2cnnc(NCCc3ccc(S(N)(=O)=O)cc3)n2)cc1. The molecule has 0 unspecified atom stereocenters. The molecule has 0 fully saturated rings. The third-order valence-electron chi connectivity index (χ3n) is 4.14. The highest BCUT2D eigenvalue weighted by atomic mass is 32.2. The number of nitrogens with zero attached hydrogens (tertiary/aromatic N) is 3. The van der Waals surface area contributed by atoms with Crippen molar-refractivity contribution in [1.82, 2.24) is 15.2 Å². The first kappa shape index (κ1) is 19.7. The minimum Gasteiger partial charge on any atom is -0.353 e. The van der Waals surface area contributed by atoms with E-state index in [0.29, 0.717) is 24.7 Å². The number of benzene rings is 2. The van der Waals surface area contributed by atoms with Crippen LogP contribution in [0.25, 0.3) is 0 Å². The van der Waals surface area contributed by atoms with Gasteiger partial charge in [-0.2, -0.15) is 10.1 Å². The van der Waals surface area contributed by atoms with Gasteiger partial charge >= 0.3 is 0 Å². The Morgan fingerprint density at radius 3 is 2.32 bits per heavy atom. The van der Waals surface area contributed by atoms with Crippen molar-refractivity contribution < 1.29 is 8.42 Å². The molecule has 1 aromatic heterocycles. The lowest BCUT2D eigenvalue weighted by atomic mass is 10.1. The molecule has 2 aromatic carbocycles. The Kier molecular flexibility index (Phi) is 6.17. The fraction of sp³-hybridized carbons (Fsp3) is 0.211. The van der Waals surface area contributed by atoms with Gasteiger partial charge in [-0.15, -0.1) is 5.10 Å². The number of primary sulfonamides is 1. The number of rotatable bonds is 8. The van der Waals surface area contributed by atoms with Crippen LogP contribution in [0.2, 0.25) is 0 Å². The minimum atomic E-state index is -3.67. The van der Waals surface area contributed by atoms with Gasteiger partial charge in [0.2, 0.25) is 16.0 Å². The number of aromatic nitrogens is 3. The predicted molar refractivity (Wildman–Crippen MR) is 109 cm³/mol. The molecular weight excluding hydrogens is 376 g/mol. The smallest absolute Gasteiger partial charge is 0.244 e. The summed E-state index contributed by atoms with van der Waals surface area (Å²) >= 11 is 0. The van der Waals surface area contributed by atoms with Crippen LogP contribution in [0.5, 0.6) is 0 Å². The van der Waals surface area contributed by atoms with Crippen LogP contribution in [-0.2, 0) is 22.9 Å². The van der Waals surface area contributed by atoms with E-state index >= 15 is 0 Å². The van der Waals surface area contributed by atoms with Crippen LogP contribution in [0, 0.1) is 0 Å². The molecule has 9 heteroatoms. The van der Waals surface area contributed by atoms with Gasteiger partial charge < -0.3 is 10.6 Å². The maximum atomic E-state index is 11.3. The molecule has 0 amide bonds. The van der Waals surface area contributed by atoms with Gasteiger partial charge in [0.05, 0.1) is 11.1 Å². The zero-order valence-corrected chi connectivity index (χ0v) is 16.3. The molecule has 0 atom stereocenters. The van der Waals surface area contributed by atoms with Crippen molar-refractivity contribution in [3.63, 3.8) is 0 Å². The zero-order chi connectivity index (χ0) is 20.0. The quantitative estimate of drug-likeness (QED) is 0.532. The number of hydrogen-bond acceptors (Lipinski definition) is 7. The van der Waals surface area contributed by atoms with Crippen LogP contribution in [0.3, 0.4) is 0 Å². The summed E-state index contributed by atoms with van der Waals surface area (Å²) in [5.41, 5.74) is 3.17. The van der Waals surface area contributed by atoms with Gasteiger partial charge in [0.15, 0.2) is 5.82 Å². The first-order valence-corrected chi connectivity index (χ1v) is 10.4. The Morgan fingerprint density at radius 1 is 1.00 bits per heavy atom. The van der Waals surface area contributed by atoms with Crippen molar-refractivity contribution in [1.29, 1.82) is 0 Å². The Morgan fingerprint density at radius 2 is 1.68 bits per heavy atom. The van der Waals surface area contributed by atoms with E-state index in [0.717, 1.165) is 17.7 Å². The van der Waals surface area contributed by atoms with Gasteiger partial charge in [-0.25, -0.2) is 13.6 Å². The molecule has 3 rings (SSSR count). The molecule has 28 heavy (non-hydrogen) atoms. The molecule has 8 nitrogen and oxygen atoms in total. The molecule has 0 saturated heterocycles. The Balaban J connectivity index is 1.55. The van der Waals surface area contributed by atoms with Crippen LogP contribution < -0.4 is 15.8 Å². The summed E-state index contributed by atoms with van der Waals surface area (Å²) in [5.74, 6) is 1.01. The van der Waals surface area contributed by atoms with Gasteiger partial charge in [-0.1, -0.05) is 31.2 Å². The van der Waals surface area contributed by atoms with Crippen molar-refractivity contribution in [2.75, 3.05) is 17.2 Å². The van der Waals surface area contributed by atoms with E-state index in [4.69, 9.17) is 5.14 Å². The van der Waals surface area contributed by atoms with E-state index in [9.17, 15) is 8.42 Å². The lowest BCUT2D eigenvalue weighted by Gasteiger charge is -2.08. The molecule has 0 aliphatic heterocycles. The number of hydrogen-bond donors (Lipinski definition) is 3. The lowest BCUT2D eigenvalue weighted by molar-refractivity contribution is 0.598. The first-order valence-electron chi connectivity index (χ1n) is 8.85. The van der Waals surface area contributed by atoms with Gasteiger partial charge in [0, 0.05) is 12.2 Å². The predicted octanol–water partition coefficient (Wildman–Crippen LogP) is 2.48. The van der Waals surface area contributed by atoms with Crippen molar-refractivity contribution in [3.8, 4) is 0 Å². The zero-order valence-electron chi connectivity index (χ0n) is 15.5. The Hall–Kier alpha value is -3.04. The summed E-state index contributed by atoms with van der Waals surface area (Å²) in [4.78, 5) is 4.50. The van der Waals surface area contributed by atoms with Gasteiger partial charge in [-0.3, -0.25) is 0 Å². The summed E-state index contributed by atoms with van der Waals surface area (Å²) in [6.45, 7) is 2.69. The second kappa shape index (κ2) is 8.77. The maximum Gasteiger partial charge on any atom is 0.244 e. The van der Waals surface area contributed by atoms with Crippen molar-refractivity contribution >= 4 is 27.5 Å². The molecule has 0 bridgehead atoms. The largest absolute Gasteiger partial charge is 0.353 e. The summed E-state index contributed by atoms with van der Waals surface area (Å²) in [6.07, 6.45) is 3.23. The minimum absolute atomic E-state index is 0.0995. The third kappa shape index (κ3) is 5.48. The van der Waals surface area contributed by atoms with Crippen LogP contribution >= 0.6 is 0 Å². The second-order valence-corrected chi connectivity index (χ2v) is 7.77. The molecule has 0 aliphatic carbocycles. The second-order valence-electron chi connectivity index (χ2n) is 6.21. The molecule has 0 aliphatic rings. The van der Waals surface area contributed by atoms with Crippen LogP contribution in [0.1, 0.15) is 18.1 Å². The number of anilines is 3. The topological polar surface area (TPSA) is 123 Å². The molecule has 4 N–H and O–H groups in total. The molecule has 0 radical (unpaired) electrons. The monoisotopic (exact) mass is 398 g/mol. The molecular formula is C19H22N6O2S. The summed E-state index contributed by atoms with van der Waals surface area (Å²) in [5, 5.41) is 19.4. The average Bonchev–Trinajstić information content (AvgIpc) is 2.69. The molecule has 1 heterocycles. The van der Waals surface area contributed by atoms with E-state index < -0.39 is 10.0 Å². The fourth-order valence-corrected chi connectivity index (χ4v) is 3.09. The number of nitrogens with two attached hydrogens (primary N) is 1. The van der Waals surface area contributed by atoms with E-state index in [1.165, 1.54) is 17.7 Å². The fourth-order valence-electron chi connectivity index (χ4n) is 2.57. The number of nitrogens with one attached hydrogen (secondary N) is 2. The summed E-state index contributed by atoms with van der Waals surface area (Å²) in [6, 6.07) is 14.6. The van der Waals surface area contributed by atoms with Crippen molar-refractivity contribution in [3.05, 3.63) is 65.9 Å². The van der Waals surface area contributed by atoms with E-state index in [-0.39, 0.29) is 4.90 Å². The first-order chi connectivity index (χ1) is 13.4. The van der Waals surface area contributed by atoms with Crippen LogP contribution in [0.4, 0.5) is 17.5 Å². The summed E-state index contributed by atoms with van der Waals surface area (Å²) in [7, 11) is -3.67. The Bertz CT molecular complexity index is 1020. The highest BCUT2D eigenvalue weighted by Gasteiger charge is 2.07. The van der Waals surface area contributed by atoms with Gasteiger partial charge in [0.25, 0.3) is 0 Å². The van der Waals surface area contributed by atoms with Crippen LogP contribution in [-0.4, -0.2) is 30.1 Å². The third-order valence-corrected chi connectivity index (χ3v) is 5.07. The highest BCUT2D eigenvalue weighted by molar-refractivity contribution is 7.89. The summed E-state index contributed by atoms with van der Waals surface area (Å²) < 4.78 is 22.5. The number of sulfonamides is 1. The van der Waals surface area contributed by atoms with E-state index in [1.807, 2.05) is 12.1 Å². The molecule has 146 valence electrons. The van der Waals surface area contributed by atoms with E-state index in [1.54, 1.807) is 18.3 Å². The van der Waals surface area contributed by atoms with Crippen LogP contribution in [0.15, 0.2) is 59.6 Å². The maximum absolute atomic E-state index is 11.3. The molecule has 0 spiro atoms. The molecule has 3 aromatic rings.